The maximum Gasteiger partial charge on any atom is 0.335 e. The normalized spacial score (nSPS) is 10.4. The summed E-state index contributed by atoms with van der Waals surface area (Å²) in [6.07, 6.45) is 1.28. The monoisotopic (exact) mass is 359 g/mol. The fourth-order valence-corrected chi connectivity index (χ4v) is 2.53. The third kappa shape index (κ3) is 5.88. The van der Waals surface area contributed by atoms with Crippen molar-refractivity contribution in [2.75, 3.05) is 20.2 Å². The molecule has 0 unspecified atom stereocenters. The predicted molar refractivity (Wildman–Crippen MR) is 95.9 cm³/mol. The van der Waals surface area contributed by atoms with Gasteiger partial charge in [-0.05, 0) is 48.7 Å². The van der Waals surface area contributed by atoms with Gasteiger partial charge in [-0.15, -0.1) is 0 Å². The molecule has 5 nitrogen and oxygen atoms in total. The van der Waals surface area contributed by atoms with Crippen LogP contribution in [0.15, 0.2) is 48.5 Å². The summed E-state index contributed by atoms with van der Waals surface area (Å²) in [4.78, 5) is 25.0. The van der Waals surface area contributed by atoms with Crippen LogP contribution in [0, 0.1) is 5.82 Å². The Morgan fingerprint density at radius 2 is 1.81 bits per heavy atom. The molecule has 2 aromatic carbocycles. The summed E-state index contributed by atoms with van der Waals surface area (Å²) in [5.41, 5.74) is 0.886. The van der Waals surface area contributed by atoms with Crippen LogP contribution in [0.1, 0.15) is 28.8 Å². The van der Waals surface area contributed by atoms with Crippen molar-refractivity contribution < 1.29 is 23.8 Å². The van der Waals surface area contributed by atoms with Crippen LogP contribution in [-0.4, -0.2) is 42.1 Å². The van der Waals surface area contributed by atoms with Gasteiger partial charge in [-0.1, -0.05) is 18.2 Å². The van der Waals surface area contributed by atoms with E-state index in [0.717, 1.165) is 0 Å². The number of rotatable bonds is 9. The molecule has 138 valence electrons. The molecule has 0 saturated heterocycles. The lowest BCUT2D eigenvalue weighted by atomic mass is 10.0. The number of amides is 1. The van der Waals surface area contributed by atoms with Gasteiger partial charge in [0.1, 0.15) is 11.6 Å². The maximum absolute atomic E-state index is 12.8. The first-order valence-corrected chi connectivity index (χ1v) is 8.41. The fourth-order valence-electron chi connectivity index (χ4n) is 2.53. The predicted octanol–water partition coefficient (Wildman–Crippen LogP) is 3.38. The quantitative estimate of drug-likeness (QED) is 0.697. The lowest BCUT2D eigenvalue weighted by Crippen LogP contribution is -2.29. The Labute approximate surface area is 152 Å². The van der Waals surface area contributed by atoms with Crippen molar-refractivity contribution in [3.8, 4) is 5.75 Å². The van der Waals surface area contributed by atoms with Crippen molar-refractivity contribution in [3.05, 3.63) is 65.5 Å². The summed E-state index contributed by atoms with van der Waals surface area (Å²) in [5, 5.41) is 9.16. The minimum Gasteiger partial charge on any atom is -0.494 e. The van der Waals surface area contributed by atoms with Crippen LogP contribution in [0.5, 0.6) is 5.75 Å². The molecular formula is C20H22FNO4. The van der Waals surface area contributed by atoms with Crippen molar-refractivity contribution in [1.29, 1.82) is 0 Å². The van der Waals surface area contributed by atoms with Crippen LogP contribution >= 0.6 is 0 Å². The minimum absolute atomic E-state index is 0.0491. The van der Waals surface area contributed by atoms with E-state index in [1.165, 1.54) is 12.1 Å². The van der Waals surface area contributed by atoms with E-state index in [2.05, 4.69) is 0 Å². The van der Waals surface area contributed by atoms with Crippen molar-refractivity contribution in [3.63, 3.8) is 0 Å². The van der Waals surface area contributed by atoms with Gasteiger partial charge in [0, 0.05) is 20.0 Å². The zero-order chi connectivity index (χ0) is 18.9. The van der Waals surface area contributed by atoms with E-state index >= 15 is 0 Å². The molecule has 0 aromatic heterocycles. The lowest BCUT2D eigenvalue weighted by molar-refractivity contribution is -0.129. The van der Waals surface area contributed by atoms with Crippen LogP contribution in [-0.2, 0) is 11.2 Å². The summed E-state index contributed by atoms with van der Waals surface area (Å²) >= 11 is 0. The standard InChI is InChI=1S/C20H22FNO4/c1-22(13-4-14-26-17-10-8-16(21)9-11-17)19(23)12-7-15-5-2-3-6-18(15)20(24)25/h2-3,5-6,8-11H,4,7,12-14H2,1H3,(H,24,25). The molecule has 26 heavy (non-hydrogen) atoms. The van der Waals surface area contributed by atoms with Gasteiger partial charge in [-0.25, -0.2) is 9.18 Å². The lowest BCUT2D eigenvalue weighted by Gasteiger charge is -2.17. The van der Waals surface area contributed by atoms with Gasteiger partial charge >= 0.3 is 5.97 Å². The largest absolute Gasteiger partial charge is 0.494 e. The Kier molecular flexibility index (Phi) is 7.14. The highest BCUT2D eigenvalue weighted by Crippen LogP contribution is 2.13. The molecular weight excluding hydrogens is 337 g/mol. The maximum atomic E-state index is 12.8. The van der Waals surface area contributed by atoms with Crippen LogP contribution < -0.4 is 4.74 Å². The molecule has 1 N–H and O–H groups in total. The summed E-state index contributed by atoms with van der Waals surface area (Å²) in [6, 6.07) is 12.5. The van der Waals surface area contributed by atoms with Crippen molar-refractivity contribution in [2.45, 2.75) is 19.3 Å². The SMILES string of the molecule is CN(CCCOc1ccc(F)cc1)C(=O)CCc1ccccc1C(=O)O. The second kappa shape index (κ2) is 9.56. The van der Waals surface area contributed by atoms with E-state index in [0.29, 0.717) is 37.3 Å². The summed E-state index contributed by atoms with van der Waals surface area (Å²) < 4.78 is 18.3. The van der Waals surface area contributed by atoms with Crippen molar-refractivity contribution in [1.82, 2.24) is 4.90 Å². The first-order valence-electron chi connectivity index (χ1n) is 8.41. The van der Waals surface area contributed by atoms with E-state index in [1.807, 2.05) is 0 Å². The molecule has 0 heterocycles. The Morgan fingerprint density at radius 1 is 1.12 bits per heavy atom. The molecule has 0 bridgehead atoms. The molecule has 2 aromatic rings. The van der Waals surface area contributed by atoms with Crippen molar-refractivity contribution in [2.24, 2.45) is 0 Å². The number of ether oxygens (including phenoxy) is 1. The van der Waals surface area contributed by atoms with Gasteiger partial charge in [-0.2, -0.15) is 0 Å². The zero-order valence-corrected chi connectivity index (χ0v) is 14.7. The number of hydrogen-bond acceptors (Lipinski definition) is 3. The van der Waals surface area contributed by atoms with Gasteiger partial charge < -0.3 is 14.7 Å². The molecule has 0 saturated carbocycles. The molecule has 0 atom stereocenters. The van der Waals surface area contributed by atoms with E-state index in [9.17, 15) is 14.0 Å². The van der Waals surface area contributed by atoms with E-state index < -0.39 is 5.97 Å². The van der Waals surface area contributed by atoms with E-state index in [1.54, 1.807) is 48.3 Å². The number of aryl methyl sites for hydroxylation is 1. The molecule has 0 aliphatic heterocycles. The molecule has 1 amide bonds. The molecule has 0 aliphatic rings. The number of carboxylic acid groups (broad SMARTS) is 1. The Hall–Kier alpha value is -2.89. The molecule has 2 rings (SSSR count). The highest BCUT2D eigenvalue weighted by Gasteiger charge is 2.13. The third-order valence-electron chi connectivity index (χ3n) is 4.00. The number of halogens is 1. The van der Waals surface area contributed by atoms with Gasteiger partial charge in [-0.3, -0.25) is 4.79 Å². The minimum atomic E-state index is -0.987. The third-order valence-corrected chi connectivity index (χ3v) is 4.00. The van der Waals surface area contributed by atoms with Crippen LogP contribution in [0.3, 0.4) is 0 Å². The number of nitrogens with zero attached hydrogens (tertiary/aromatic N) is 1. The van der Waals surface area contributed by atoms with Crippen LogP contribution in [0.25, 0.3) is 0 Å². The number of aromatic carboxylic acids is 1. The Bertz CT molecular complexity index is 746. The molecule has 0 spiro atoms. The summed E-state index contributed by atoms with van der Waals surface area (Å²) in [6.45, 7) is 0.950. The van der Waals surface area contributed by atoms with E-state index in [-0.39, 0.29) is 23.7 Å². The fraction of sp³-hybridized carbons (Fsp3) is 0.300. The first kappa shape index (κ1) is 19.4. The smallest absolute Gasteiger partial charge is 0.335 e. The number of hydrogen-bond donors (Lipinski definition) is 1. The molecule has 6 heteroatoms. The molecule has 0 fully saturated rings. The van der Waals surface area contributed by atoms with Gasteiger partial charge in [0.25, 0.3) is 0 Å². The highest BCUT2D eigenvalue weighted by atomic mass is 19.1. The number of carboxylic acids is 1. The number of benzene rings is 2. The topological polar surface area (TPSA) is 66.8 Å². The first-order chi connectivity index (χ1) is 12.5. The van der Waals surface area contributed by atoms with E-state index in [4.69, 9.17) is 9.84 Å². The average Bonchev–Trinajstić information content (AvgIpc) is 2.64. The van der Waals surface area contributed by atoms with Gasteiger partial charge in [0.2, 0.25) is 5.91 Å². The number of carbonyl (C=O) groups excluding carboxylic acids is 1. The highest BCUT2D eigenvalue weighted by molar-refractivity contribution is 5.89. The van der Waals surface area contributed by atoms with Crippen LogP contribution in [0.2, 0.25) is 0 Å². The number of carbonyl (C=O) groups is 2. The summed E-state index contributed by atoms with van der Waals surface area (Å²) in [5.74, 6) is -0.760. The van der Waals surface area contributed by atoms with Gasteiger partial charge in [0.05, 0.1) is 12.2 Å². The second-order valence-corrected chi connectivity index (χ2v) is 5.93. The Morgan fingerprint density at radius 3 is 2.50 bits per heavy atom. The Balaban J connectivity index is 1.72. The summed E-state index contributed by atoms with van der Waals surface area (Å²) in [7, 11) is 1.71. The second-order valence-electron chi connectivity index (χ2n) is 5.93. The van der Waals surface area contributed by atoms with Gasteiger partial charge in [0.15, 0.2) is 0 Å². The van der Waals surface area contributed by atoms with Crippen molar-refractivity contribution >= 4 is 11.9 Å². The molecule has 0 aliphatic carbocycles. The average molecular weight is 359 g/mol. The molecule has 0 radical (unpaired) electrons. The zero-order valence-electron chi connectivity index (χ0n) is 14.7. The van der Waals surface area contributed by atoms with Crippen LogP contribution in [0.4, 0.5) is 4.39 Å².